The molecule has 19 heavy (non-hydrogen) atoms. The van der Waals surface area contributed by atoms with Gasteiger partial charge in [0.1, 0.15) is 6.10 Å². The fraction of sp³-hybridized carbons (Fsp3) is 0.846. The van der Waals surface area contributed by atoms with Crippen LogP contribution in [0.5, 0.6) is 0 Å². The van der Waals surface area contributed by atoms with Crippen molar-refractivity contribution in [2.75, 3.05) is 20.6 Å². The van der Waals surface area contributed by atoms with Gasteiger partial charge in [-0.3, -0.25) is 4.79 Å². The van der Waals surface area contributed by atoms with Crippen molar-refractivity contribution < 1.29 is 19.4 Å². The van der Waals surface area contributed by atoms with E-state index in [9.17, 15) is 9.59 Å². The first-order valence-corrected chi connectivity index (χ1v) is 6.65. The summed E-state index contributed by atoms with van der Waals surface area (Å²) >= 11 is 0. The van der Waals surface area contributed by atoms with Crippen LogP contribution in [-0.2, 0) is 14.3 Å². The van der Waals surface area contributed by atoms with Crippen LogP contribution in [0.25, 0.3) is 0 Å². The number of hydrogen-bond acceptors (Lipinski definition) is 4. The van der Waals surface area contributed by atoms with Gasteiger partial charge >= 0.3 is 5.97 Å². The highest BCUT2D eigenvalue weighted by atomic mass is 16.5. The summed E-state index contributed by atoms with van der Waals surface area (Å²) in [6.07, 6.45) is -0.604. The molecule has 1 unspecified atom stereocenters. The topological polar surface area (TPSA) is 78.9 Å². The third-order valence-corrected chi connectivity index (χ3v) is 3.51. The molecule has 2 N–H and O–H groups in total. The molecule has 6 heteroatoms. The molecule has 6 nitrogen and oxygen atoms in total. The summed E-state index contributed by atoms with van der Waals surface area (Å²) in [4.78, 5) is 24.7. The SMILES string of the molecule is CC(C)C(CNC(=O)[C@@H]1CC[C@H](C(=O)O)O1)N(C)C. The number of amides is 1. The molecule has 0 spiro atoms. The molecule has 1 aliphatic rings. The van der Waals surface area contributed by atoms with Gasteiger partial charge in [0.25, 0.3) is 0 Å². The smallest absolute Gasteiger partial charge is 0.332 e. The molecule has 0 aromatic heterocycles. The summed E-state index contributed by atoms with van der Waals surface area (Å²) in [6, 6.07) is 0.251. The zero-order valence-corrected chi connectivity index (χ0v) is 12.0. The molecule has 0 saturated carbocycles. The van der Waals surface area contributed by atoms with Crippen LogP contribution in [0.3, 0.4) is 0 Å². The van der Waals surface area contributed by atoms with E-state index in [2.05, 4.69) is 24.1 Å². The zero-order chi connectivity index (χ0) is 14.6. The van der Waals surface area contributed by atoms with Gasteiger partial charge < -0.3 is 20.1 Å². The molecule has 3 atom stereocenters. The number of carbonyl (C=O) groups excluding carboxylic acids is 1. The van der Waals surface area contributed by atoms with Gasteiger partial charge in [0.2, 0.25) is 5.91 Å². The molecular weight excluding hydrogens is 248 g/mol. The first kappa shape index (κ1) is 15.9. The fourth-order valence-corrected chi connectivity index (χ4v) is 2.35. The lowest BCUT2D eigenvalue weighted by atomic mass is 10.0. The molecule has 1 amide bonds. The minimum Gasteiger partial charge on any atom is -0.479 e. The molecule has 1 heterocycles. The van der Waals surface area contributed by atoms with E-state index in [-0.39, 0.29) is 11.9 Å². The van der Waals surface area contributed by atoms with Gasteiger partial charge in [-0.1, -0.05) is 13.8 Å². The van der Waals surface area contributed by atoms with Gasteiger partial charge in [-0.15, -0.1) is 0 Å². The zero-order valence-electron chi connectivity index (χ0n) is 12.0. The van der Waals surface area contributed by atoms with Gasteiger partial charge in [-0.25, -0.2) is 4.79 Å². The van der Waals surface area contributed by atoms with E-state index in [1.54, 1.807) is 0 Å². The Hall–Kier alpha value is -1.14. The molecule has 0 aliphatic carbocycles. The molecule has 1 fully saturated rings. The lowest BCUT2D eigenvalue weighted by Gasteiger charge is -2.28. The molecule has 1 aliphatic heterocycles. The third kappa shape index (κ3) is 4.47. The summed E-state index contributed by atoms with van der Waals surface area (Å²) in [5.74, 6) is -0.786. The fourth-order valence-electron chi connectivity index (χ4n) is 2.35. The Morgan fingerprint density at radius 2 is 1.89 bits per heavy atom. The molecular formula is C13H24N2O4. The second-order valence-corrected chi connectivity index (χ2v) is 5.55. The van der Waals surface area contributed by atoms with Gasteiger partial charge in [0, 0.05) is 12.6 Å². The van der Waals surface area contributed by atoms with Crippen molar-refractivity contribution in [2.24, 2.45) is 5.92 Å². The highest BCUT2D eigenvalue weighted by Crippen LogP contribution is 2.20. The lowest BCUT2D eigenvalue weighted by Crippen LogP contribution is -2.46. The maximum Gasteiger partial charge on any atom is 0.332 e. The monoisotopic (exact) mass is 272 g/mol. The Kier molecular flexibility index (Phi) is 5.75. The van der Waals surface area contributed by atoms with E-state index < -0.39 is 18.2 Å². The van der Waals surface area contributed by atoms with Gasteiger partial charge in [0.05, 0.1) is 0 Å². The first-order chi connectivity index (χ1) is 8.82. The highest BCUT2D eigenvalue weighted by Gasteiger charge is 2.34. The van der Waals surface area contributed by atoms with Crippen molar-refractivity contribution in [3.05, 3.63) is 0 Å². The number of aliphatic carboxylic acids is 1. The van der Waals surface area contributed by atoms with Crippen LogP contribution in [-0.4, -0.2) is 60.8 Å². The minimum absolute atomic E-state index is 0.212. The average Bonchev–Trinajstić information content (AvgIpc) is 2.77. The van der Waals surface area contributed by atoms with Crippen molar-refractivity contribution in [3.8, 4) is 0 Å². The van der Waals surface area contributed by atoms with Crippen LogP contribution in [0.15, 0.2) is 0 Å². The van der Waals surface area contributed by atoms with E-state index >= 15 is 0 Å². The summed E-state index contributed by atoms with van der Waals surface area (Å²) in [5.41, 5.74) is 0. The Morgan fingerprint density at radius 3 is 2.32 bits per heavy atom. The van der Waals surface area contributed by atoms with Crippen LogP contribution in [0.2, 0.25) is 0 Å². The van der Waals surface area contributed by atoms with Crippen molar-refractivity contribution in [1.29, 1.82) is 0 Å². The quantitative estimate of drug-likeness (QED) is 0.728. The first-order valence-electron chi connectivity index (χ1n) is 6.65. The second-order valence-electron chi connectivity index (χ2n) is 5.55. The lowest BCUT2D eigenvalue weighted by molar-refractivity contribution is -0.151. The number of carboxylic acid groups (broad SMARTS) is 1. The van der Waals surface area contributed by atoms with E-state index in [1.807, 2.05) is 14.1 Å². The van der Waals surface area contributed by atoms with Gasteiger partial charge in [0.15, 0.2) is 6.10 Å². The predicted molar refractivity (Wildman–Crippen MR) is 70.9 cm³/mol. The molecule has 0 aromatic carbocycles. The van der Waals surface area contributed by atoms with Crippen molar-refractivity contribution in [1.82, 2.24) is 10.2 Å². The minimum atomic E-state index is -0.997. The largest absolute Gasteiger partial charge is 0.479 e. The Bertz CT molecular complexity index is 323. The summed E-state index contributed by atoms with van der Waals surface area (Å²) in [5, 5.41) is 11.7. The van der Waals surface area contributed by atoms with Crippen LogP contribution in [0.4, 0.5) is 0 Å². The number of carboxylic acids is 1. The van der Waals surface area contributed by atoms with Crippen LogP contribution in [0, 0.1) is 5.92 Å². The second kappa shape index (κ2) is 6.86. The number of hydrogen-bond donors (Lipinski definition) is 2. The average molecular weight is 272 g/mol. The maximum atomic E-state index is 11.9. The molecule has 0 bridgehead atoms. The summed E-state index contributed by atoms with van der Waals surface area (Å²) in [6.45, 7) is 4.74. The number of likely N-dealkylation sites (N-methyl/N-ethyl adjacent to an activating group) is 1. The Balaban J connectivity index is 2.41. The third-order valence-electron chi connectivity index (χ3n) is 3.51. The van der Waals surface area contributed by atoms with Crippen molar-refractivity contribution >= 4 is 11.9 Å². The summed E-state index contributed by atoms with van der Waals surface area (Å²) in [7, 11) is 3.95. The van der Waals surface area contributed by atoms with Gasteiger partial charge in [-0.05, 0) is 32.9 Å². The molecule has 0 radical (unpaired) electrons. The van der Waals surface area contributed by atoms with Crippen LogP contribution in [0.1, 0.15) is 26.7 Å². The van der Waals surface area contributed by atoms with Crippen LogP contribution < -0.4 is 5.32 Å². The Labute approximate surface area is 114 Å². The number of rotatable bonds is 6. The van der Waals surface area contributed by atoms with E-state index in [4.69, 9.17) is 9.84 Å². The highest BCUT2D eigenvalue weighted by molar-refractivity contribution is 5.82. The summed E-state index contributed by atoms with van der Waals surface area (Å²) < 4.78 is 5.21. The maximum absolute atomic E-state index is 11.9. The van der Waals surface area contributed by atoms with Crippen LogP contribution >= 0.6 is 0 Å². The molecule has 0 aromatic rings. The number of ether oxygens (including phenoxy) is 1. The molecule has 110 valence electrons. The normalized spacial score (nSPS) is 24.7. The van der Waals surface area contributed by atoms with Gasteiger partial charge in [-0.2, -0.15) is 0 Å². The standard InChI is InChI=1S/C13H24N2O4/c1-8(2)9(15(3)4)7-14-12(16)10-5-6-11(19-10)13(17)18/h8-11H,5-7H2,1-4H3,(H,14,16)(H,17,18)/t9?,10-,11+/m0/s1. The van der Waals surface area contributed by atoms with Crippen molar-refractivity contribution in [2.45, 2.75) is 44.9 Å². The number of carbonyl (C=O) groups is 2. The van der Waals surface area contributed by atoms with E-state index in [1.165, 1.54) is 0 Å². The van der Waals surface area contributed by atoms with E-state index in [0.29, 0.717) is 25.3 Å². The predicted octanol–water partition coefficient (Wildman–Crippen LogP) is 0.321. The van der Waals surface area contributed by atoms with E-state index in [0.717, 1.165) is 0 Å². The Morgan fingerprint density at radius 1 is 1.32 bits per heavy atom. The van der Waals surface area contributed by atoms with Crippen molar-refractivity contribution in [3.63, 3.8) is 0 Å². The molecule has 1 saturated heterocycles. The number of nitrogens with one attached hydrogen (secondary N) is 1. The molecule has 1 rings (SSSR count). The number of nitrogens with zero attached hydrogens (tertiary/aromatic N) is 1.